The second-order valence-corrected chi connectivity index (χ2v) is 9.33. The van der Waals surface area contributed by atoms with Crippen LogP contribution in [0.15, 0.2) is 65.6 Å². The van der Waals surface area contributed by atoms with Gasteiger partial charge in [0.05, 0.1) is 16.1 Å². The van der Waals surface area contributed by atoms with Crippen LogP contribution in [0.25, 0.3) is 0 Å². The largest absolute Gasteiger partial charge is 0.452 e. The maximum absolute atomic E-state index is 13.5. The molecular formula is C25H25FN2O5S. The Kier molecular flexibility index (Phi) is 7.68. The molecule has 3 aromatic rings. The Labute approximate surface area is 198 Å². The Bertz CT molecular complexity index is 1340. The van der Waals surface area contributed by atoms with E-state index in [0.29, 0.717) is 5.69 Å². The molecule has 0 fully saturated rings. The van der Waals surface area contributed by atoms with Crippen molar-refractivity contribution in [2.45, 2.75) is 32.1 Å². The number of ether oxygens (including phenoxy) is 1. The third-order valence-corrected chi connectivity index (χ3v) is 6.53. The zero-order chi connectivity index (χ0) is 24.9. The highest BCUT2D eigenvalue weighted by molar-refractivity contribution is 7.92. The van der Waals surface area contributed by atoms with Crippen molar-refractivity contribution in [3.05, 3.63) is 88.7 Å². The number of halogens is 1. The first kappa shape index (κ1) is 24.9. The molecule has 0 bridgehead atoms. The molecule has 0 spiro atoms. The lowest BCUT2D eigenvalue weighted by Crippen LogP contribution is -2.23. The van der Waals surface area contributed by atoms with Crippen LogP contribution in [0.3, 0.4) is 0 Å². The Morgan fingerprint density at radius 1 is 0.971 bits per heavy atom. The zero-order valence-electron chi connectivity index (χ0n) is 19.0. The number of carbonyl (C=O) groups excluding carboxylic acids is 2. The van der Waals surface area contributed by atoms with Crippen molar-refractivity contribution < 1.29 is 27.1 Å². The smallest absolute Gasteiger partial charge is 0.340 e. The highest BCUT2D eigenvalue weighted by Crippen LogP contribution is 2.23. The minimum atomic E-state index is -4.10. The maximum atomic E-state index is 13.5. The van der Waals surface area contributed by atoms with Gasteiger partial charge in [0.1, 0.15) is 5.82 Å². The van der Waals surface area contributed by atoms with E-state index < -0.39 is 34.3 Å². The number of anilines is 2. The van der Waals surface area contributed by atoms with E-state index in [1.54, 1.807) is 6.07 Å². The number of hydrogen-bond acceptors (Lipinski definition) is 5. The predicted octanol–water partition coefficient (Wildman–Crippen LogP) is 4.60. The van der Waals surface area contributed by atoms with Crippen molar-refractivity contribution in [2.75, 3.05) is 16.6 Å². The fourth-order valence-corrected chi connectivity index (χ4v) is 4.49. The van der Waals surface area contributed by atoms with Crippen molar-refractivity contribution in [3.63, 3.8) is 0 Å². The van der Waals surface area contributed by atoms with Gasteiger partial charge in [0.25, 0.3) is 15.9 Å². The molecule has 3 rings (SSSR count). The van der Waals surface area contributed by atoms with Gasteiger partial charge >= 0.3 is 5.97 Å². The molecule has 0 heterocycles. The summed E-state index contributed by atoms with van der Waals surface area (Å²) in [6.07, 6.45) is 0.720. The van der Waals surface area contributed by atoms with E-state index in [-0.39, 0.29) is 21.7 Å². The van der Waals surface area contributed by atoms with Gasteiger partial charge in [-0.25, -0.2) is 17.6 Å². The van der Waals surface area contributed by atoms with E-state index >= 15 is 0 Å². The molecule has 34 heavy (non-hydrogen) atoms. The van der Waals surface area contributed by atoms with Crippen molar-refractivity contribution >= 4 is 33.3 Å². The SMILES string of the molecule is CCc1cccc(C)c1NC(=O)COC(=O)c1ccccc1NS(=O)(=O)c1ccc(F)c(C)c1. The van der Waals surface area contributed by atoms with Gasteiger partial charge in [-0.05, 0) is 67.3 Å². The van der Waals surface area contributed by atoms with E-state index in [9.17, 15) is 22.4 Å². The molecule has 0 atom stereocenters. The fraction of sp³-hybridized carbons (Fsp3) is 0.200. The van der Waals surface area contributed by atoms with Crippen LogP contribution in [0.4, 0.5) is 15.8 Å². The van der Waals surface area contributed by atoms with E-state index in [4.69, 9.17) is 4.74 Å². The maximum Gasteiger partial charge on any atom is 0.340 e. The van der Waals surface area contributed by atoms with Crippen LogP contribution < -0.4 is 10.0 Å². The molecule has 3 aromatic carbocycles. The lowest BCUT2D eigenvalue weighted by Gasteiger charge is -2.14. The summed E-state index contributed by atoms with van der Waals surface area (Å²) in [5.41, 5.74) is 2.59. The summed E-state index contributed by atoms with van der Waals surface area (Å²) in [6.45, 7) is 4.74. The second kappa shape index (κ2) is 10.5. The summed E-state index contributed by atoms with van der Waals surface area (Å²) in [4.78, 5) is 24.9. The third-order valence-electron chi connectivity index (χ3n) is 5.17. The molecule has 1 amide bonds. The van der Waals surface area contributed by atoms with E-state index in [1.807, 2.05) is 32.0 Å². The lowest BCUT2D eigenvalue weighted by atomic mass is 10.1. The molecular weight excluding hydrogens is 459 g/mol. The Morgan fingerprint density at radius 2 is 1.71 bits per heavy atom. The molecule has 2 N–H and O–H groups in total. The molecule has 0 aliphatic carbocycles. The molecule has 0 aliphatic rings. The molecule has 0 saturated heterocycles. The van der Waals surface area contributed by atoms with E-state index in [0.717, 1.165) is 29.7 Å². The molecule has 9 heteroatoms. The van der Waals surface area contributed by atoms with Gasteiger partial charge in [0.2, 0.25) is 0 Å². The van der Waals surface area contributed by atoms with Crippen LogP contribution in [-0.2, 0) is 26.0 Å². The van der Waals surface area contributed by atoms with Gasteiger partial charge in [-0.2, -0.15) is 0 Å². The standard InChI is InChI=1S/C25H25FN2O5S/c1-4-18-9-7-8-16(2)24(18)27-23(29)15-33-25(30)20-10-5-6-11-22(20)28-34(31,32)19-12-13-21(26)17(3)14-19/h5-14,28H,4,15H2,1-3H3,(H,27,29). The number of sulfonamides is 1. The van der Waals surface area contributed by atoms with Crippen LogP contribution in [0.1, 0.15) is 34.0 Å². The number of hydrogen-bond donors (Lipinski definition) is 2. The molecule has 0 aromatic heterocycles. The van der Waals surface area contributed by atoms with Gasteiger partial charge in [-0.15, -0.1) is 0 Å². The molecule has 0 radical (unpaired) electrons. The zero-order valence-corrected chi connectivity index (χ0v) is 19.8. The van der Waals surface area contributed by atoms with Gasteiger partial charge < -0.3 is 10.1 Å². The van der Waals surface area contributed by atoms with Gasteiger partial charge in [-0.3, -0.25) is 9.52 Å². The number of esters is 1. The van der Waals surface area contributed by atoms with Gasteiger partial charge in [-0.1, -0.05) is 37.3 Å². The monoisotopic (exact) mass is 484 g/mol. The number of rotatable bonds is 8. The number of amides is 1. The van der Waals surface area contributed by atoms with Gasteiger partial charge in [0.15, 0.2) is 6.61 Å². The fourth-order valence-electron chi connectivity index (χ4n) is 3.32. The second-order valence-electron chi connectivity index (χ2n) is 7.65. The summed E-state index contributed by atoms with van der Waals surface area (Å²) in [5, 5.41) is 2.76. The van der Waals surface area contributed by atoms with Crippen molar-refractivity contribution in [1.82, 2.24) is 0 Å². The Morgan fingerprint density at radius 3 is 2.41 bits per heavy atom. The van der Waals surface area contributed by atoms with Crippen LogP contribution in [0.5, 0.6) is 0 Å². The summed E-state index contributed by atoms with van der Waals surface area (Å²) < 4.78 is 46.5. The first-order chi connectivity index (χ1) is 16.1. The first-order valence-corrected chi connectivity index (χ1v) is 12.0. The minimum Gasteiger partial charge on any atom is -0.452 e. The van der Waals surface area contributed by atoms with Crippen LogP contribution >= 0.6 is 0 Å². The van der Waals surface area contributed by atoms with Crippen molar-refractivity contribution in [2.24, 2.45) is 0 Å². The summed E-state index contributed by atoms with van der Waals surface area (Å²) in [7, 11) is -4.10. The molecule has 0 saturated carbocycles. The van der Waals surface area contributed by atoms with E-state index in [1.165, 1.54) is 31.2 Å². The summed E-state index contributed by atoms with van der Waals surface area (Å²) in [6, 6.07) is 14.9. The number of benzene rings is 3. The average Bonchev–Trinajstić information content (AvgIpc) is 2.80. The highest BCUT2D eigenvalue weighted by atomic mass is 32.2. The predicted molar refractivity (Wildman–Crippen MR) is 128 cm³/mol. The summed E-state index contributed by atoms with van der Waals surface area (Å²) in [5.74, 6) is -1.92. The molecule has 178 valence electrons. The number of carbonyl (C=O) groups is 2. The quantitative estimate of drug-likeness (QED) is 0.455. The highest BCUT2D eigenvalue weighted by Gasteiger charge is 2.21. The average molecular weight is 485 g/mol. The topological polar surface area (TPSA) is 102 Å². The number of nitrogens with one attached hydrogen (secondary N) is 2. The molecule has 0 unspecified atom stereocenters. The van der Waals surface area contributed by atoms with Crippen LogP contribution in [0, 0.1) is 19.7 Å². The number of aryl methyl sites for hydroxylation is 3. The normalized spacial score (nSPS) is 11.1. The first-order valence-electron chi connectivity index (χ1n) is 10.6. The van der Waals surface area contributed by atoms with Gasteiger partial charge in [0, 0.05) is 5.69 Å². The molecule has 7 nitrogen and oxygen atoms in total. The Balaban J connectivity index is 1.72. The number of para-hydroxylation sites is 2. The van der Waals surface area contributed by atoms with E-state index in [2.05, 4.69) is 10.0 Å². The lowest BCUT2D eigenvalue weighted by molar-refractivity contribution is -0.119. The van der Waals surface area contributed by atoms with Crippen molar-refractivity contribution in [3.8, 4) is 0 Å². The van der Waals surface area contributed by atoms with Crippen LogP contribution in [-0.4, -0.2) is 26.9 Å². The summed E-state index contributed by atoms with van der Waals surface area (Å²) >= 11 is 0. The Hall–Kier alpha value is -3.72. The third kappa shape index (κ3) is 5.79. The molecule has 0 aliphatic heterocycles. The van der Waals surface area contributed by atoms with Crippen molar-refractivity contribution in [1.29, 1.82) is 0 Å². The minimum absolute atomic E-state index is 0.0259. The van der Waals surface area contributed by atoms with Crippen LogP contribution in [0.2, 0.25) is 0 Å².